The van der Waals surface area contributed by atoms with E-state index in [1.165, 1.54) is 20.9 Å². The largest absolute Gasteiger partial charge is 0.330 e. The average molecular weight is 350 g/mol. The maximum absolute atomic E-state index is 12.0. The van der Waals surface area contributed by atoms with Crippen LogP contribution < -0.4 is 5.43 Å². The number of nitrogens with zero attached hydrogens (tertiary/aromatic N) is 2. The molecule has 7 nitrogen and oxygen atoms in total. The second kappa shape index (κ2) is 8.21. The maximum atomic E-state index is 12.0. The van der Waals surface area contributed by atoms with Crippen LogP contribution in [0.25, 0.3) is 0 Å². The van der Waals surface area contributed by atoms with E-state index in [2.05, 4.69) is 16.6 Å². The first-order valence-electron chi connectivity index (χ1n) is 5.46. The molecule has 9 heteroatoms. The second-order valence-electron chi connectivity index (χ2n) is 3.85. The molecule has 102 valence electrons. The molecule has 20 heavy (non-hydrogen) atoms. The van der Waals surface area contributed by atoms with Gasteiger partial charge in [0.15, 0.2) is 11.8 Å². The molecule has 0 aromatic heterocycles. The van der Waals surface area contributed by atoms with Crippen molar-refractivity contribution in [3.05, 3.63) is 11.6 Å². The maximum Gasteiger partial charge on any atom is 0.292 e. The topological polar surface area (TPSA) is 95.9 Å². The van der Waals surface area contributed by atoms with Gasteiger partial charge in [-0.1, -0.05) is 6.92 Å². The Labute approximate surface area is 142 Å². The fraction of sp³-hybridized carbons (Fsp3) is 0.364. The molecule has 0 aromatic rings. The van der Waals surface area contributed by atoms with Crippen molar-refractivity contribution in [1.82, 2.24) is 10.3 Å². The van der Waals surface area contributed by atoms with Gasteiger partial charge >= 0.3 is 0 Å². The number of imide groups is 1. The molecule has 1 aliphatic rings. The fourth-order valence-electron chi connectivity index (χ4n) is 1.48. The molecule has 0 bridgehead atoms. The van der Waals surface area contributed by atoms with Gasteiger partial charge in [0.05, 0.1) is 12.2 Å². The molecule has 0 unspecified atom stereocenters. The van der Waals surface area contributed by atoms with E-state index in [4.69, 9.17) is 0 Å². The summed E-state index contributed by atoms with van der Waals surface area (Å²) >= 11 is 0. The summed E-state index contributed by atoms with van der Waals surface area (Å²) in [5.74, 6) is -1.41. The predicted octanol–water partition coefficient (Wildman–Crippen LogP) is -1.55. The number of hydrogen-bond donors (Lipinski definition) is 1. The first-order valence-corrected chi connectivity index (χ1v) is 5.46. The average Bonchev–Trinajstić information content (AvgIpc) is 2.29. The van der Waals surface area contributed by atoms with Crippen LogP contribution in [0.15, 0.2) is 10.7 Å². The fourth-order valence-corrected chi connectivity index (χ4v) is 1.48. The Kier molecular flexibility index (Phi) is 7.75. The zero-order valence-corrected chi connectivity index (χ0v) is 14.2. The van der Waals surface area contributed by atoms with Crippen LogP contribution in [0, 0.1) is 6.08 Å². The van der Waals surface area contributed by atoms with Crippen LogP contribution in [-0.4, -0.2) is 54.7 Å². The van der Waals surface area contributed by atoms with Crippen LogP contribution in [0.4, 0.5) is 0 Å². The van der Waals surface area contributed by atoms with E-state index in [1.54, 1.807) is 0 Å². The summed E-state index contributed by atoms with van der Waals surface area (Å²) in [6.07, 6.45) is 2.41. The Morgan fingerprint density at radius 1 is 1.40 bits per heavy atom. The van der Waals surface area contributed by atoms with Gasteiger partial charge in [-0.15, -0.1) is 0 Å². The van der Waals surface area contributed by atoms with Gasteiger partial charge in [0.2, 0.25) is 0 Å². The van der Waals surface area contributed by atoms with Crippen molar-refractivity contribution in [3.63, 3.8) is 0 Å². The molecule has 1 heterocycles. The zero-order chi connectivity index (χ0) is 14.6. The molecule has 0 aliphatic carbocycles. The van der Waals surface area contributed by atoms with E-state index in [9.17, 15) is 19.2 Å². The number of amides is 2. The van der Waals surface area contributed by atoms with Gasteiger partial charge in [0.25, 0.3) is 7.28 Å². The minimum absolute atomic E-state index is 0. The molecule has 0 atom stereocenters. The zero-order valence-electron chi connectivity index (χ0n) is 11.4. The van der Waals surface area contributed by atoms with Crippen molar-refractivity contribution in [1.29, 1.82) is 0 Å². The first-order chi connectivity index (χ1) is 8.86. The molecule has 1 aliphatic heterocycles. The normalized spacial score (nSPS) is 16.4. The van der Waals surface area contributed by atoms with Crippen molar-refractivity contribution in [3.8, 4) is 0 Å². The van der Waals surface area contributed by atoms with E-state index in [0.717, 1.165) is 7.28 Å². The Morgan fingerprint density at radius 3 is 2.50 bits per heavy atom. The molecular formula is C11H12BN3O4Y-. The molecular weight excluding hydrogens is 338 g/mol. The van der Waals surface area contributed by atoms with Crippen LogP contribution in [0.3, 0.4) is 0 Å². The number of nitrogens with one attached hydrogen (secondary N) is 1. The standard InChI is InChI=1S/C11H12BN3O4.Y/c1-6-4-9(18)15(5-8(17)12-7(2)16)11(19)10(6)14-13-3;/h13H,5H2,1-3H3;/q-1;/b14-10+;. The molecule has 2 radical (unpaired) electrons. The van der Waals surface area contributed by atoms with Crippen LogP contribution in [0.5, 0.6) is 0 Å². The van der Waals surface area contributed by atoms with Gasteiger partial charge in [-0.3, -0.25) is 19.6 Å². The molecule has 0 spiro atoms. The quantitative estimate of drug-likeness (QED) is 0.281. The Hall–Kier alpha value is -1.14. The Bertz CT molecular complexity index is 516. The van der Waals surface area contributed by atoms with Gasteiger partial charge in [-0.2, -0.15) is 11.6 Å². The molecule has 0 saturated heterocycles. The summed E-state index contributed by atoms with van der Waals surface area (Å²) in [5, 5.41) is 3.73. The van der Waals surface area contributed by atoms with E-state index < -0.39 is 29.7 Å². The minimum Gasteiger partial charge on any atom is -0.330 e. The van der Waals surface area contributed by atoms with Crippen LogP contribution in [0.1, 0.15) is 13.8 Å². The number of carbonyl (C=O) groups is 4. The van der Waals surface area contributed by atoms with Crippen LogP contribution in [-0.2, 0) is 51.9 Å². The third-order valence-corrected chi connectivity index (χ3v) is 2.24. The van der Waals surface area contributed by atoms with Crippen molar-refractivity contribution in [2.24, 2.45) is 5.10 Å². The Morgan fingerprint density at radius 2 is 2.00 bits per heavy atom. The third kappa shape index (κ3) is 4.76. The first kappa shape index (κ1) is 18.9. The van der Waals surface area contributed by atoms with Crippen LogP contribution >= 0.6 is 0 Å². The van der Waals surface area contributed by atoms with Crippen molar-refractivity contribution in [2.45, 2.75) is 13.8 Å². The van der Waals surface area contributed by atoms with Gasteiger partial charge in [0.1, 0.15) is 5.68 Å². The molecule has 0 fully saturated rings. The Balaban J connectivity index is 0.00000361. The van der Waals surface area contributed by atoms with Crippen molar-refractivity contribution >= 4 is 36.2 Å². The van der Waals surface area contributed by atoms with Gasteiger partial charge in [0, 0.05) is 39.8 Å². The molecule has 2 amide bonds. The summed E-state index contributed by atoms with van der Waals surface area (Å²) in [6, 6.07) is 0. The third-order valence-electron chi connectivity index (χ3n) is 2.24. The summed E-state index contributed by atoms with van der Waals surface area (Å²) in [6.45, 7) is 2.23. The molecule has 1 N–H and O–H groups in total. The van der Waals surface area contributed by atoms with Crippen LogP contribution in [0.2, 0.25) is 0 Å². The van der Waals surface area contributed by atoms with Crippen molar-refractivity contribution < 1.29 is 51.9 Å². The van der Waals surface area contributed by atoms with Gasteiger partial charge in [-0.25, -0.2) is 0 Å². The number of hydrogen-bond acceptors (Lipinski definition) is 6. The number of rotatable bonds is 5. The summed E-state index contributed by atoms with van der Waals surface area (Å²) in [7, 11) is 2.34. The van der Waals surface area contributed by atoms with E-state index >= 15 is 0 Å². The molecule has 0 saturated carbocycles. The summed E-state index contributed by atoms with van der Waals surface area (Å²) in [5.41, 5.74) is 1.68. The van der Waals surface area contributed by atoms with E-state index in [-0.39, 0.29) is 38.4 Å². The second-order valence-corrected chi connectivity index (χ2v) is 3.85. The van der Waals surface area contributed by atoms with E-state index in [0.29, 0.717) is 10.5 Å². The molecule has 0 aromatic carbocycles. The number of hydrazone groups is 1. The smallest absolute Gasteiger partial charge is 0.292 e. The summed E-state index contributed by atoms with van der Waals surface area (Å²) < 4.78 is 0. The minimum atomic E-state index is -0.720. The van der Waals surface area contributed by atoms with Gasteiger partial charge < -0.3 is 15.0 Å². The van der Waals surface area contributed by atoms with E-state index in [1.807, 2.05) is 0 Å². The van der Waals surface area contributed by atoms with Crippen molar-refractivity contribution in [2.75, 3.05) is 13.6 Å². The van der Waals surface area contributed by atoms with Gasteiger partial charge in [-0.05, 0) is 12.6 Å². The SMILES string of the molecule is CN/N=C1/C(=O)N(CC(=O)[B]C(C)=O)C(=O)[C-]=C1C.[Y]. The number of carbonyl (C=O) groups excluding carboxylic acids is 4. The molecule has 1 rings (SSSR count). The summed E-state index contributed by atoms with van der Waals surface area (Å²) in [4.78, 5) is 46.5. The predicted molar refractivity (Wildman–Crippen MR) is 67.1 cm³/mol. The monoisotopic (exact) mass is 350 g/mol.